The summed E-state index contributed by atoms with van der Waals surface area (Å²) in [4.78, 5) is 14.0. The molecule has 0 radical (unpaired) electrons. The molecule has 4 rings (SSSR count). The van der Waals surface area contributed by atoms with Gasteiger partial charge in [-0.2, -0.15) is 5.26 Å². The van der Waals surface area contributed by atoms with Gasteiger partial charge in [0.05, 0.1) is 5.56 Å². The molecule has 1 aliphatic carbocycles. The molecule has 0 saturated heterocycles. The third kappa shape index (κ3) is 5.16. The molecule has 0 fully saturated rings. The third-order valence-electron chi connectivity index (χ3n) is 6.31. The molecular formula is C27H27N3OS2. The molecule has 0 unspecified atom stereocenters. The second-order valence-corrected chi connectivity index (χ2v) is 11.0. The zero-order valence-corrected chi connectivity index (χ0v) is 20.7. The van der Waals surface area contributed by atoms with Gasteiger partial charge in [0.15, 0.2) is 5.11 Å². The molecule has 3 aromatic rings. The van der Waals surface area contributed by atoms with Crippen LogP contribution in [-0.4, -0.2) is 11.0 Å². The molecule has 1 aromatic heterocycles. The van der Waals surface area contributed by atoms with E-state index in [0.29, 0.717) is 17.0 Å². The summed E-state index contributed by atoms with van der Waals surface area (Å²) in [5.41, 5.74) is 4.70. The van der Waals surface area contributed by atoms with Gasteiger partial charge in [0.25, 0.3) is 5.91 Å². The van der Waals surface area contributed by atoms with Crippen LogP contribution in [0.5, 0.6) is 0 Å². The molecule has 0 bridgehead atoms. The van der Waals surface area contributed by atoms with Gasteiger partial charge in [-0.3, -0.25) is 10.1 Å². The van der Waals surface area contributed by atoms with E-state index in [0.717, 1.165) is 41.0 Å². The lowest BCUT2D eigenvalue weighted by atomic mass is 9.72. The number of benzene rings is 2. The Balaban J connectivity index is 1.43. The van der Waals surface area contributed by atoms with Crippen molar-refractivity contribution in [2.24, 2.45) is 11.3 Å². The quantitative estimate of drug-likeness (QED) is 0.423. The number of hydrogen-bond donors (Lipinski definition) is 2. The topological polar surface area (TPSA) is 64.9 Å². The molecule has 0 spiro atoms. The first-order valence-electron chi connectivity index (χ1n) is 11.1. The van der Waals surface area contributed by atoms with Crippen LogP contribution in [-0.2, 0) is 12.8 Å². The Morgan fingerprint density at radius 2 is 1.76 bits per heavy atom. The van der Waals surface area contributed by atoms with Crippen LogP contribution in [0, 0.1) is 22.7 Å². The Kier molecular flexibility index (Phi) is 6.64. The number of nitrogens with one attached hydrogen (secondary N) is 2. The average Bonchev–Trinajstić information content (AvgIpc) is 3.15. The van der Waals surface area contributed by atoms with Gasteiger partial charge in [-0.1, -0.05) is 63.2 Å². The Morgan fingerprint density at radius 1 is 1.09 bits per heavy atom. The first kappa shape index (κ1) is 23.2. The minimum Gasteiger partial charge on any atom is -0.323 e. The highest BCUT2D eigenvalue weighted by atomic mass is 32.1. The summed E-state index contributed by atoms with van der Waals surface area (Å²) < 4.78 is 0. The van der Waals surface area contributed by atoms with Gasteiger partial charge >= 0.3 is 0 Å². The van der Waals surface area contributed by atoms with Crippen molar-refractivity contribution < 1.29 is 4.79 Å². The Bertz CT molecular complexity index is 1220. The maximum absolute atomic E-state index is 12.7. The molecule has 1 atom stereocenters. The van der Waals surface area contributed by atoms with Crippen molar-refractivity contribution in [1.29, 1.82) is 5.26 Å². The molecule has 168 valence electrons. The zero-order valence-electron chi connectivity index (χ0n) is 19.1. The molecular weight excluding hydrogens is 446 g/mol. The Morgan fingerprint density at radius 3 is 2.39 bits per heavy atom. The second-order valence-electron chi connectivity index (χ2n) is 9.48. The highest BCUT2D eigenvalue weighted by Gasteiger charge is 2.32. The molecule has 0 aliphatic heterocycles. The van der Waals surface area contributed by atoms with E-state index in [1.165, 1.54) is 4.88 Å². The molecule has 1 heterocycles. The van der Waals surface area contributed by atoms with Crippen LogP contribution in [0.2, 0.25) is 0 Å². The number of nitrogens with zero attached hydrogens (tertiary/aromatic N) is 1. The average molecular weight is 474 g/mol. The van der Waals surface area contributed by atoms with Crippen molar-refractivity contribution in [3.05, 3.63) is 76.2 Å². The van der Waals surface area contributed by atoms with Crippen LogP contribution in [0.15, 0.2) is 54.6 Å². The van der Waals surface area contributed by atoms with Crippen LogP contribution in [0.3, 0.4) is 0 Å². The van der Waals surface area contributed by atoms with Crippen molar-refractivity contribution in [2.75, 3.05) is 5.32 Å². The molecule has 33 heavy (non-hydrogen) atoms. The van der Waals surface area contributed by atoms with Gasteiger partial charge in [0, 0.05) is 10.4 Å². The summed E-state index contributed by atoms with van der Waals surface area (Å²) in [5, 5.41) is 16.5. The van der Waals surface area contributed by atoms with E-state index in [9.17, 15) is 10.1 Å². The van der Waals surface area contributed by atoms with E-state index >= 15 is 0 Å². The summed E-state index contributed by atoms with van der Waals surface area (Å²) in [7, 11) is 0. The Hall–Kier alpha value is -3.01. The molecule has 6 heteroatoms. The van der Waals surface area contributed by atoms with E-state index < -0.39 is 0 Å². The number of rotatable bonds is 3. The summed E-state index contributed by atoms with van der Waals surface area (Å²) in [6.45, 7) is 6.83. The molecule has 2 N–H and O–H groups in total. The standard InChI is InChI=1S/C27H27N3OS2/c1-27(2,3)20-13-14-21-22(16-28)25(33-23(21)15-20)30-26(32)29-24(31)19-11-9-18(10-12-19)17-7-5-4-6-8-17/h4-12,20H,13-15H2,1-3H3,(H2,29,30,31,32)/t20-/m1/s1. The summed E-state index contributed by atoms with van der Waals surface area (Å²) in [5.74, 6) is 0.313. The number of nitriles is 1. The van der Waals surface area contributed by atoms with Crippen LogP contribution < -0.4 is 10.6 Å². The summed E-state index contributed by atoms with van der Waals surface area (Å²) in [6.07, 6.45) is 2.97. The number of fused-ring (bicyclic) bond motifs is 1. The number of amides is 1. The highest BCUT2D eigenvalue weighted by Crippen LogP contribution is 2.43. The highest BCUT2D eigenvalue weighted by molar-refractivity contribution is 7.80. The molecule has 2 aromatic carbocycles. The van der Waals surface area contributed by atoms with Gasteiger partial charge in [0.1, 0.15) is 11.1 Å². The first-order valence-corrected chi connectivity index (χ1v) is 12.3. The van der Waals surface area contributed by atoms with E-state index in [-0.39, 0.29) is 16.4 Å². The van der Waals surface area contributed by atoms with Crippen LogP contribution >= 0.6 is 23.6 Å². The fourth-order valence-corrected chi connectivity index (χ4v) is 5.83. The second kappa shape index (κ2) is 9.46. The van der Waals surface area contributed by atoms with E-state index in [2.05, 4.69) is 37.5 Å². The summed E-state index contributed by atoms with van der Waals surface area (Å²) >= 11 is 6.98. The predicted octanol–water partition coefficient (Wildman–Crippen LogP) is 6.56. The van der Waals surface area contributed by atoms with Gasteiger partial charge in [-0.25, -0.2) is 0 Å². The lowest BCUT2D eigenvalue weighted by molar-refractivity contribution is 0.0977. The Labute approximate surface area is 204 Å². The predicted molar refractivity (Wildman–Crippen MR) is 140 cm³/mol. The molecule has 4 nitrogen and oxygen atoms in total. The van der Waals surface area contributed by atoms with Crippen molar-refractivity contribution >= 4 is 39.6 Å². The zero-order chi connectivity index (χ0) is 23.6. The lowest BCUT2D eigenvalue weighted by Gasteiger charge is -2.33. The largest absolute Gasteiger partial charge is 0.323 e. The maximum atomic E-state index is 12.7. The third-order valence-corrected chi connectivity index (χ3v) is 7.68. The number of anilines is 1. The van der Waals surface area contributed by atoms with Crippen molar-refractivity contribution in [3.63, 3.8) is 0 Å². The van der Waals surface area contributed by atoms with Crippen LogP contribution in [0.25, 0.3) is 11.1 Å². The van der Waals surface area contributed by atoms with E-state index in [1.807, 2.05) is 42.5 Å². The van der Waals surface area contributed by atoms with E-state index in [1.54, 1.807) is 23.5 Å². The van der Waals surface area contributed by atoms with Crippen LogP contribution in [0.1, 0.15) is 53.6 Å². The molecule has 0 saturated carbocycles. The van der Waals surface area contributed by atoms with Crippen LogP contribution in [0.4, 0.5) is 5.00 Å². The van der Waals surface area contributed by atoms with Gasteiger partial charge < -0.3 is 5.32 Å². The number of thiocarbonyl (C=S) groups is 1. The van der Waals surface area contributed by atoms with Crippen molar-refractivity contribution in [3.8, 4) is 17.2 Å². The fraction of sp³-hybridized carbons (Fsp3) is 0.296. The number of carbonyl (C=O) groups excluding carboxylic acids is 1. The minimum atomic E-state index is -0.278. The SMILES string of the molecule is CC(C)(C)[C@@H]1CCc2c(sc(NC(=S)NC(=O)c3ccc(-c4ccccc4)cc3)c2C#N)C1. The van der Waals surface area contributed by atoms with Gasteiger partial charge in [-0.05, 0) is 71.6 Å². The molecule has 1 aliphatic rings. The normalized spacial score (nSPS) is 15.3. The van der Waals surface area contributed by atoms with Crippen molar-refractivity contribution in [2.45, 2.75) is 40.0 Å². The number of carbonyl (C=O) groups is 1. The number of hydrogen-bond acceptors (Lipinski definition) is 4. The molecule has 1 amide bonds. The fourth-order valence-electron chi connectivity index (χ4n) is 4.29. The lowest BCUT2D eigenvalue weighted by Crippen LogP contribution is -2.34. The minimum absolute atomic E-state index is 0.203. The van der Waals surface area contributed by atoms with E-state index in [4.69, 9.17) is 12.2 Å². The van der Waals surface area contributed by atoms with Gasteiger partial charge in [0.2, 0.25) is 0 Å². The smallest absolute Gasteiger partial charge is 0.257 e. The van der Waals surface area contributed by atoms with Crippen molar-refractivity contribution in [1.82, 2.24) is 5.32 Å². The van der Waals surface area contributed by atoms with Gasteiger partial charge in [-0.15, -0.1) is 11.3 Å². The first-order chi connectivity index (χ1) is 15.8. The maximum Gasteiger partial charge on any atom is 0.257 e. The number of thiophene rings is 1. The summed E-state index contributed by atoms with van der Waals surface area (Å²) in [6, 6.07) is 19.8. The monoisotopic (exact) mass is 473 g/mol.